The lowest BCUT2D eigenvalue weighted by Gasteiger charge is -2.27. The van der Waals surface area contributed by atoms with E-state index in [1.807, 2.05) is 31.2 Å². The third-order valence-electron chi connectivity index (χ3n) is 7.19. The van der Waals surface area contributed by atoms with Gasteiger partial charge in [-0.2, -0.15) is 13.2 Å². The van der Waals surface area contributed by atoms with Gasteiger partial charge < -0.3 is 25.8 Å². The molecule has 0 saturated heterocycles. The molecule has 0 aliphatic heterocycles. The molecular weight excluding hydrogens is 697 g/mol. The Balaban J connectivity index is 0.00000833. The van der Waals surface area contributed by atoms with Gasteiger partial charge in [-0.15, -0.1) is 12.4 Å². The van der Waals surface area contributed by atoms with E-state index in [0.29, 0.717) is 18.2 Å². The molecule has 0 fully saturated rings. The molecule has 270 valence electrons. The van der Waals surface area contributed by atoms with Gasteiger partial charge in [0.2, 0.25) is 5.91 Å². The first-order valence-electron chi connectivity index (χ1n) is 15.1. The summed E-state index contributed by atoms with van der Waals surface area (Å²) < 4.78 is 96.8. The highest BCUT2D eigenvalue weighted by Gasteiger charge is 2.34. The molecule has 0 aliphatic rings. The number of aliphatic hydroxyl groups is 1. The van der Waals surface area contributed by atoms with Crippen LogP contribution in [-0.2, 0) is 45.4 Å². The van der Waals surface area contributed by atoms with Crippen LogP contribution in [0, 0.1) is 11.6 Å². The van der Waals surface area contributed by atoms with Gasteiger partial charge in [0.1, 0.15) is 24.3 Å². The fourth-order valence-electron chi connectivity index (χ4n) is 4.71. The zero-order valence-corrected chi connectivity index (χ0v) is 28.1. The minimum absolute atomic E-state index is 0. The molecule has 0 aromatic heterocycles. The highest BCUT2D eigenvalue weighted by atomic mass is 35.5. The molecule has 0 heterocycles. The standard InChI is InChI=1S/C33H38F5N3O6S.ClH/c1-2-22-9-6-10-24(13-22)18-39-19-30(42)28(16-25-14-26(34)17-27(35)15-25)40-31(43)29(21-48(45,46)12-11-33(36,37)38)41-32(44)47-20-23-7-4-3-5-8-23;/h3-10,13-15,17,28-30,39,42H,2,11-12,16,18-21H2,1H3,(H,40,43)(H,41,44);1H/t28-,29+,30+;/m0./s1. The summed E-state index contributed by atoms with van der Waals surface area (Å²) >= 11 is 0. The normalized spacial score (nSPS) is 13.4. The summed E-state index contributed by atoms with van der Waals surface area (Å²) in [6.07, 6.45) is -8.65. The molecule has 0 aliphatic carbocycles. The Labute approximate surface area is 288 Å². The van der Waals surface area contributed by atoms with Crippen LogP contribution >= 0.6 is 12.4 Å². The van der Waals surface area contributed by atoms with Crippen LogP contribution in [0.4, 0.5) is 26.7 Å². The van der Waals surface area contributed by atoms with Crippen molar-refractivity contribution < 1.29 is 49.8 Å². The van der Waals surface area contributed by atoms with Crippen molar-refractivity contribution in [2.45, 2.75) is 63.7 Å². The van der Waals surface area contributed by atoms with Gasteiger partial charge in [-0.25, -0.2) is 22.0 Å². The fourth-order valence-corrected chi connectivity index (χ4v) is 6.17. The first-order valence-corrected chi connectivity index (χ1v) is 16.9. The molecule has 0 radical (unpaired) electrons. The number of alkyl carbamates (subject to hydrolysis) is 1. The van der Waals surface area contributed by atoms with E-state index in [1.165, 1.54) is 0 Å². The lowest BCUT2D eigenvalue weighted by atomic mass is 10.00. The van der Waals surface area contributed by atoms with E-state index in [0.717, 1.165) is 29.7 Å². The number of benzene rings is 3. The van der Waals surface area contributed by atoms with Gasteiger partial charge in [-0.1, -0.05) is 61.5 Å². The van der Waals surface area contributed by atoms with Crippen molar-refractivity contribution in [3.05, 3.63) is 107 Å². The van der Waals surface area contributed by atoms with Crippen molar-refractivity contribution in [3.8, 4) is 0 Å². The molecule has 49 heavy (non-hydrogen) atoms. The third kappa shape index (κ3) is 15.5. The minimum atomic E-state index is -4.80. The highest BCUT2D eigenvalue weighted by Crippen LogP contribution is 2.21. The van der Waals surface area contributed by atoms with E-state index in [2.05, 4.69) is 16.0 Å². The molecular formula is C33H39ClF5N3O6S. The van der Waals surface area contributed by atoms with Crippen LogP contribution in [0.15, 0.2) is 72.8 Å². The number of rotatable bonds is 17. The molecule has 0 unspecified atom stereocenters. The number of aryl methyl sites for hydroxylation is 1. The highest BCUT2D eigenvalue weighted by molar-refractivity contribution is 7.91. The van der Waals surface area contributed by atoms with E-state index >= 15 is 0 Å². The van der Waals surface area contributed by atoms with Gasteiger partial charge in [0, 0.05) is 19.2 Å². The average molecular weight is 736 g/mol. The summed E-state index contributed by atoms with van der Waals surface area (Å²) in [4.78, 5) is 26.1. The van der Waals surface area contributed by atoms with Gasteiger partial charge in [0.25, 0.3) is 0 Å². The predicted molar refractivity (Wildman–Crippen MR) is 176 cm³/mol. The SMILES string of the molecule is CCc1cccc(CNC[C@@H](O)[C@H](Cc2cc(F)cc(F)c2)NC(=O)[C@@H](CS(=O)(=O)CCC(F)(F)F)NC(=O)OCc2ccccc2)c1.Cl. The summed E-state index contributed by atoms with van der Waals surface area (Å²) in [5.41, 5.74) is 2.58. The maximum absolute atomic E-state index is 14.0. The topological polar surface area (TPSA) is 134 Å². The molecule has 0 spiro atoms. The van der Waals surface area contributed by atoms with E-state index in [-0.39, 0.29) is 37.5 Å². The van der Waals surface area contributed by atoms with Crippen molar-refractivity contribution in [3.63, 3.8) is 0 Å². The number of hydrogen-bond donors (Lipinski definition) is 4. The summed E-state index contributed by atoms with van der Waals surface area (Å²) in [6, 6.07) is 15.3. The van der Waals surface area contributed by atoms with Crippen LogP contribution < -0.4 is 16.0 Å². The Morgan fingerprint density at radius 2 is 1.51 bits per heavy atom. The van der Waals surface area contributed by atoms with Gasteiger partial charge in [-0.3, -0.25) is 4.79 Å². The van der Waals surface area contributed by atoms with Gasteiger partial charge in [-0.05, 0) is 47.2 Å². The lowest BCUT2D eigenvalue weighted by Crippen LogP contribution is -2.56. The number of carbonyl (C=O) groups excluding carboxylic acids is 2. The fraction of sp³-hybridized carbons (Fsp3) is 0.394. The number of sulfone groups is 1. The number of nitrogens with one attached hydrogen (secondary N) is 3. The number of carbonyl (C=O) groups is 2. The van der Waals surface area contributed by atoms with Crippen LogP contribution in [-0.4, -0.2) is 67.9 Å². The molecule has 0 bridgehead atoms. The Kier molecular flexibility index (Phi) is 16.4. The minimum Gasteiger partial charge on any atom is -0.445 e. The first kappa shape index (κ1) is 41.4. The number of ether oxygens (including phenoxy) is 1. The van der Waals surface area contributed by atoms with Crippen molar-refractivity contribution in [2.24, 2.45) is 0 Å². The second kappa shape index (κ2) is 19.4. The van der Waals surface area contributed by atoms with E-state index in [4.69, 9.17) is 4.74 Å². The summed E-state index contributed by atoms with van der Waals surface area (Å²) in [6.45, 7) is 1.90. The molecule has 16 heteroatoms. The second-order valence-corrected chi connectivity index (χ2v) is 13.4. The Morgan fingerprint density at radius 3 is 2.14 bits per heavy atom. The zero-order chi connectivity index (χ0) is 35.3. The lowest BCUT2D eigenvalue weighted by molar-refractivity contribution is -0.129. The smallest absolute Gasteiger partial charge is 0.408 e. The molecule has 2 amide bonds. The summed E-state index contributed by atoms with van der Waals surface area (Å²) in [5.74, 6) is -5.60. The monoisotopic (exact) mass is 735 g/mol. The van der Waals surface area contributed by atoms with E-state index < -0.39 is 75.8 Å². The van der Waals surface area contributed by atoms with Gasteiger partial charge in [0.05, 0.1) is 30.1 Å². The quantitative estimate of drug-likeness (QED) is 0.147. The van der Waals surface area contributed by atoms with Gasteiger partial charge >= 0.3 is 12.3 Å². The van der Waals surface area contributed by atoms with Crippen LogP contribution in [0.3, 0.4) is 0 Å². The first-order chi connectivity index (χ1) is 22.6. The summed E-state index contributed by atoms with van der Waals surface area (Å²) in [7, 11) is -4.57. The number of hydrogen-bond acceptors (Lipinski definition) is 7. The molecule has 3 rings (SSSR count). The molecule has 4 N–H and O–H groups in total. The zero-order valence-electron chi connectivity index (χ0n) is 26.5. The third-order valence-corrected chi connectivity index (χ3v) is 8.86. The maximum Gasteiger partial charge on any atom is 0.408 e. The number of aliphatic hydroxyl groups excluding tert-OH is 1. The Hall–Kier alpha value is -3.79. The Morgan fingerprint density at radius 1 is 0.878 bits per heavy atom. The molecule has 3 atom stereocenters. The van der Waals surface area contributed by atoms with Crippen LogP contribution in [0.1, 0.15) is 35.6 Å². The van der Waals surface area contributed by atoms with Crippen molar-refractivity contribution in [1.29, 1.82) is 0 Å². The molecule has 9 nitrogen and oxygen atoms in total. The van der Waals surface area contributed by atoms with E-state index in [1.54, 1.807) is 30.3 Å². The van der Waals surface area contributed by atoms with Crippen LogP contribution in [0.5, 0.6) is 0 Å². The van der Waals surface area contributed by atoms with Crippen molar-refractivity contribution >= 4 is 34.2 Å². The van der Waals surface area contributed by atoms with Crippen LogP contribution in [0.25, 0.3) is 0 Å². The van der Waals surface area contributed by atoms with Crippen molar-refractivity contribution in [2.75, 3.05) is 18.1 Å². The average Bonchev–Trinajstić information content (AvgIpc) is 3.02. The second-order valence-electron chi connectivity index (χ2n) is 11.2. The maximum atomic E-state index is 14.0. The molecule has 3 aromatic rings. The van der Waals surface area contributed by atoms with Crippen molar-refractivity contribution in [1.82, 2.24) is 16.0 Å². The molecule has 3 aromatic carbocycles. The van der Waals surface area contributed by atoms with Gasteiger partial charge in [0.15, 0.2) is 9.84 Å². The number of amides is 2. The van der Waals surface area contributed by atoms with Crippen LogP contribution in [0.2, 0.25) is 0 Å². The predicted octanol–water partition coefficient (Wildman–Crippen LogP) is 4.79. The molecule has 0 saturated carbocycles. The summed E-state index contributed by atoms with van der Waals surface area (Å²) in [5, 5.41) is 18.6. The van der Waals surface area contributed by atoms with E-state index in [9.17, 15) is 45.1 Å². The number of alkyl halides is 3. The number of halogens is 6. The largest absolute Gasteiger partial charge is 0.445 e. The Bertz CT molecular complexity index is 1600.